The van der Waals surface area contributed by atoms with Crippen molar-refractivity contribution in [1.29, 1.82) is 0 Å². The van der Waals surface area contributed by atoms with Crippen molar-refractivity contribution in [1.82, 2.24) is 4.98 Å². The molecular formula is C10H14ClNO2. The van der Waals surface area contributed by atoms with Crippen LogP contribution in [0.1, 0.15) is 24.6 Å². The highest BCUT2D eigenvalue weighted by molar-refractivity contribution is 6.17. The van der Waals surface area contributed by atoms with Crippen LogP contribution in [0.5, 0.6) is 5.75 Å². The number of hydrogen-bond acceptors (Lipinski definition) is 3. The van der Waals surface area contributed by atoms with Crippen molar-refractivity contribution >= 4 is 11.6 Å². The van der Waals surface area contributed by atoms with Crippen LogP contribution in [0.2, 0.25) is 0 Å². The Balaban J connectivity index is 2.72. The third-order valence-corrected chi connectivity index (χ3v) is 2.21. The molecule has 0 fully saturated rings. The molecule has 1 aromatic heterocycles. The van der Waals surface area contributed by atoms with Crippen LogP contribution < -0.4 is 4.74 Å². The Hall–Kier alpha value is -0.800. The molecule has 0 radical (unpaired) electrons. The van der Waals surface area contributed by atoms with Crippen LogP contribution in [0.3, 0.4) is 0 Å². The maximum atomic E-state index is 9.76. The zero-order valence-corrected chi connectivity index (χ0v) is 8.87. The monoisotopic (exact) mass is 215 g/mol. The number of nitrogens with zero attached hydrogens (tertiary/aromatic N) is 1. The molecule has 0 saturated heterocycles. The van der Waals surface area contributed by atoms with Crippen LogP contribution >= 0.6 is 11.6 Å². The minimum Gasteiger partial charge on any atom is -0.495 e. The molecule has 3 nitrogen and oxygen atoms in total. The van der Waals surface area contributed by atoms with Crippen LogP contribution in [0.25, 0.3) is 0 Å². The summed E-state index contributed by atoms with van der Waals surface area (Å²) in [5, 5.41) is 9.76. The first-order valence-electron chi connectivity index (χ1n) is 4.52. The summed E-state index contributed by atoms with van der Waals surface area (Å²) in [7, 11) is 1.56. The van der Waals surface area contributed by atoms with Gasteiger partial charge in [0.2, 0.25) is 0 Å². The Morgan fingerprint density at radius 2 is 2.43 bits per heavy atom. The van der Waals surface area contributed by atoms with E-state index in [1.165, 1.54) is 0 Å². The summed E-state index contributed by atoms with van der Waals surface area (Å²) in [4.78, 5) is 4.08. The number of rotatable bonds is 5. The van der Waals surface area contributed by atoms with Crippen molar-refractivity contribution in [3.05, 3.63) is 24.0 Å². The first kappa shape index (κ1) is 11.3. The van der Waals surface area contributed by atoms with Gasteiger partial charge in [0.1, 0.15) is 11.4 Å². The lowest BCUT2D eigenvalue weighted by Gasteiger charge is -2.12. The Labute approximate surface area is 88.7 Å². The van der Waals surface area contributed by atoms with Gasteiger partial charge in [0.05, 0.1) is 13.2 Å². The normalized spacial score (nSPS) is 12.5. The number of ether oxygens (including phenoxy) is 1. The predicted octanol–water partition coefficient (Wildman–Crippen LogP) is 2.14. The van der Waals surface area contributed by atoms with Crippen LogP contribution in [-0.4, -0.2) is 23.1 Å². The quantitative estimate of drug-likeness (QED) is 0.766. The molecule has 0 aromatic carbocycles. The number of pyridine rings is 1. The van der Waals surface area contributed by atoms with E-state index >= 15 is 0 Å². The maximum absolute atomic E-state index is 9.76. The molecular weight excluding hydrogens is 202 g/mol. The molecule has 1 unspecified atom stereocenters. The second kappa shape index (κ2) is 5.83. The van der Waals surface area contributed by atoms with E-state index in [1.54, 1.807) is 25.4 Å². The van der Waals surface area contributed by atoms with Gasteiger partial charge < -0.3 is 9.84 Å². The number of methoxy groups -OCH3 is 1. The van der Waals surface area contributed by atoms with Gasteiger partial charge in [-0.05, 0) is 25.0 Å². The highest BCUT2D eigenvalue weighted by atomic mass is 35.5. The standard InChI is InChI=1S/C10H14ClNO2/c1-14-9-5-3-7-12-10(9)8(13)4-2-6-11/h3,5,7-8,13H,2,4,6H2,1H3. The lowest BCUT2D eigenvalue weighted by Crippen LogP contribution is -2.03. The number of aromatic nitrogens is 1. The number of aliphatic hydroxyl groups is 1. The molecule has 1 heterocycles. The van der Waals surface area contributed by atoms with Gasteiger partial charge >= 0.3 is 0 Å². The van der Waals surface area contributed by atoms with Crippen molar-refractivity contribution in [3.63, 3.8) is 0 Å². The van der Waals surface area contributed by atoms with Gasteiger partial charge in [0.25, 0.3) is 0 Å². The molecule has 14 heavy (non-hydrogen) atoms. The fraction of sp³-hybridized carbons (Fsp3) is 0.500. The van der Waals surface area contributed by atoms with Crippen molar-refractivity contribution in [3.8, 4) is 5.75 Å². The zero-order chi connectivity index (χ0) is 10.4. The lowest BCUT2D eigenvalue weighted by atomic mass is 10.1. The van der Waals surface area contributed by atoms with Crippen molar-refractivity contribution in [2.24, 2.45) is 0 Å². The van der Waals surface area contributed by atoms with Crippen molar-refractivity contribution in [2.75, 3.05) is 13.0 Å². The van der Waals surface area contributed by atoms with E-state index in [9.17, 15) is 5.11 Å². The summed E-state index contributed by atoms with van der Waals surface area (Å²) < 4.78 is 5.09. The third-order valence-electron chi connectivity index (χ3n) is 1.95. The molecule has 0 saturated carbocycles. The summed E-state index contributed by atoms with van der Waals surface area (Å²) in [5.74, 6) is 1.17. The van der Waals surface area contributed by atoms with Crippen LogP contribution in [0, 0.1) is 0 Å². The lowest BCUT2D eigenvalue weighted by molar-refractivity contribution is 0.157. The molecule has 0 aliphatic rings. The first-order chi connectivity index (χ1) is 6.79. The van der Waals surface area contributed by atoms with E-state index in [1.807, 2.05) is 0 Å². The van der Waals surface area contributed by atoms with Gasteiger partial charge in [-0.1, -0.05) is 0 Å². The summed E-state index contributed by atoms with van der Waals surface area (Å²) in [6, 6.07) is 3.56. The minimum atomic E-state index is -0.593. The molecule has 1 aromatic rings. The first-order valence-corrected chi connectivity index (χ1v) is 5.06. The SMILES string of the molecule is COc1cccnc1C(O)CCCCl. The smallest absolute Gasteiger partial charge is 0.143 e. The third kappa shape index (κ3) is 2.86. The molecule has 0 amide bonds. The summed E-state index contributed by atoms with van der Waals surface area (Å²) in [6.07, 6.45) is 2.42. The molecule has 1 rings (SSSR count). The average Bonchev–Trinajstić information content (AvgIpc) is 2.25. The minimum absolute atomic E-state index is 0.548. The van der Waals surface area contributed by atoms with Crippen molar-refractivity contribution in [2.45, 2.75) is 18.9 Å². The van der Waals surface area contributed by atoms with E-state index in [-0.39, 0.29) is 0 Å². The Morgan fingerprint density at radius 3 is 3.07 bits per heavy atom. The van der Waals surface area contributed by atoms with Gasteiger partial charge in [0, 0.05) is 12.1 Å². The summed E-state index contributed by atoms with van der Waals surface area (Å²) >= 11 is 5.54. The van der Waals surface area contributed by atoms with E-state index in [2.05, 4.69) is 4.98 Å². The molecule has 4 heteroatoms. The highest BCUT2D eigenvalue weighted by Gasteiger charge is 2.13. The Morgan fingerprint density at radius 1 is 1.64 bits per heavy atom. The van der Waals surface area contributed by atoms with Crippen LogP contribution in [0.15, 0.2) is 18.3 Å². The van der Waals surface area contributed by atoms with E-state index < -0.39 is 6.10 Å². The van der Waals surface area contributed by atoms with Gasteiger partial charge in [-0.25, -0.2) is 0 Å². The van der Waals surface area contributed by atoms with Gasteiger partial charge in [-0.3, -0.25) is 4.98 Å². The largest absolute Gasteiger partial charge is 0.495 e. The fourth-order valence-electron chi connectivity index (χ4n) is 1.23. The van der Waals surface area contributed by atoms with Crippen LogP contribution in [-0.2, 0) is 0 Å². The number of halogens is 1. The molecule has 1 N–H and O–H groups in total. The molecule has 0 aliphatic heterocycles. The topological polar surface area (TPSA) is 42.4 Å². The van der Waals surface area contributed by atoms with Crippen LogP contribution in [0.4, 0.5) is 0 Å². The van der Waals surface area contributed by atoms with E-state index in [4.69, 9.17) is 16.3 Å². The summed E-state index contributed by atoms with van der Waals surface area (Å²) in [5.41, 5.74) is 0.583. The van der Waals surface area contributed by atoms with Gasteiger partial charge in [0.15, 0.2) is 0 Å². The van der Waals surface area contributed by atoms with Gasteiger partial charge in [-0.15, -0.1) is 11.6 Å². The number of alkyl halides is 1. The average molecular weight is 216 g/mol. The highest BCUT2D eigenvalue weighted by Crippen LogP contribution is 2.25. The zero-order valence-electron chi connectivity index (χ0n) is 8.11. The summed E-state index contributed by atoms with van der Waals surface area (Å²) in [6.45, 7) is 0. The molecule has 0 spiro atoms. The molecule has 0 aliphatic carbocycles. The van der Waals surface area contributed by atoms with E-state index in [0.717, 1.165) is 6.42 Å². The predicted molar refractivity (Wildman–Crippen MR) is 55.7 cm³/mol. The Kier molecular flexibility index (Phi) is 4.70. The van der Waals surface area contributed by atoms with E-state index in [0.29, 0.717) is 23.7 Å². The number of aliphatic hydroxyl groups excluding tert-OH is 1. The molecule has 0 bridgehead atoms. The second-order valence-corrected chi connectivity index (χ2v) is 3.32. The second-order valence-electron chi connectivity index (χ2n) is 2.94. The van der Waals surface area contributed by atoms with Gasteiger partial charge in [-0.2, -0.15) is 0 Å². The molecule has 1 atom stereocenters. The number of hydrogen-bond donors (Lipinski definition) is 1. The molecule has 78 valence electrons. The Bertz CT molecular complexity index is 281. The maximum Gasteiger partial charge on any atom is 0.143 e. The van der Waals surface area contributed by atoms with Crippen molar-refractivity contribution < 1.29 is 9.84 Å². The fourth-order valence-corrected chi connectivity index (χ4v) is 1.39.